The van der Waals surface area contributed by atoms with Crippen LogP contribution in [0.1, 0.15) is 17.5 Å². The number of hydrogen-bond donors (Lipinski definition) is 0. The van der Waals surface area contributed by atoms with Crippen LogP contribution in [0.3, 0.4) is 0 Å². The van der Waals surface area contributed by atoms with E-state index in [1.165, 1.54) is 21.1 Å². The lowest BCUT2D eigenvalue weighted by Crippen LogP contribution is -2.37. The SMILES string of the molecule is Cc1ccc(S(=O)(=O)N2CCCN(S(=O)(=O)c3cn(C)cn3)CC2)cc1C. The van der Waals surface area contributed by atoms with Gasteiger partial charge < -0.3 is 4.57 Å². The molecule has 1 fully saturated rings. The van der Waals surface area contributed by atoms with Gasteiger partial charge in [0.05, 0.1) is 11.2 Å². The van der Waals surface area contributed by atoms with E-state index in [2.05, 4.69) is 4.98 Å². The summed E-state index contributed by atoms with van der Waals surface area (Å²) in [6.07, 6.45) is 3.31. The van der Waals surface area contributed by atoms with Crippen molar-refractivity contribution in [2.45, 2.75) is 30.2 Å². The third-order valence-electron chi connectivity index (χ3n) is 4.82. The van der Waals surface area contributed by atoms with Crippen molar-refractivity contribution in [2.75, 3.05) is 26.2 Å². The molecule has 148 valence electrons. The largest absolute Gasteiger partial charge is 0.339 e. The summed E-state index contributed by atoms with van der Waals surface area (Å²) in [5.41, 5.74) is 1.93. The van der Waals surface area contributed by atoms with Crippen LogP contribution in [-0.4, -0.2) is 61.2 Å². The molecule has 10 heteroatoms. The Balaban J connectivity index is 1.81. The average molecular weight is 413 g/mol. The predicted octanol–water partition coefficient (Wildman–Crippen LogP) is 1.12. The number of benzene rings is 1. The molecule has 1 saturated heterocycles. The topological polar surface area (TPSA) is 92.6 Å². The lowest BCUT2D eigenvalue weighted by atomic mass is 10.1. The minimum atomic E-state index is -3.73. The Kier molecular flexibility index (Phi) is 5.44. The van der Waals surface area contributed by atoms with Crippen molar-refractivity contribution in [3.63, 3.8) is 0 Å². The molecule has 0 bridgehead atoms. The quantitative estimate of drug-likeness (QED) is 0.750. The molecule has 1 aliphatic rings. The number of aryl methyl sites for hydroxylation is 3. The summed E-state index contributed by atoms with van der Waals surface area (Å²) in [4.78, 5) is 4.17. The van der Waals surface area contributed by atoms with Crippen LogP contribution in [0.5, 0.6) is 0 Å². The van der Waals surface area contributed by atoms with Gasteiger partial charge in [0.1, 0.15) is 0 Å². The second-order valence-corrected chi connectivity index (χ2v) is 10.6. The van der Waals surface area contributed by atoms with E-state index in [9.17, 15) is 16.8 Å². The lowest BCUT2D eigenvalue weighted by Gasteiger charge is -2.21. The molecular formula is C17H24N4O4S2. The Labute approximate surface area is 160 Å². The molecule has 1 aliphatic heterocycles. The molecular weight excluding hydrogens is 388 g/mol. The van der Waals surface area contributed by atoms with E-state index in [0.717, 1.165) is 11.1 Å². The van der Waals surface area contributed by atoms with Gasteiger partial charge in [-0.25, -0.2) is 21.8 Å². The van der Waals surface area contributed by atoms with E-state index >= 15 is 0 Å². The molecule has 0 radical (unpaired) electrons. The first-order chi connectivity index (χ1) is 12.6. The van der Waals surface area contributed by atoms with Crippen molar-refractivity contribution < 1.29 is 16.8 Å². The van der Waals surface area contributed by atoms with Crippen LogP contribution in [0, 0.1) is 13.8 Å². The third-order valence-corrected chi connectivity index (χ3v) is 8.49. The van der Waals surface area contributed by atoms with Crippen molar-refractivity contribution in [3.05, 3.63) is 41.9 Å². The molecule has 0 N–H and O–H groups in total. The van der Waals surface area contributed by atoms with Gasteiger partial charge in [0.15, 0.2) is 5.03 Å². The first-order valence-corrected chi connectivity index (χ1v) is 11.6. The molecule has 8 nitrogen and oxygen atoms in total. The number of sulfonamides is 2. The van der Waals surface area contributed by atoms with Crippen LogP contribution >= 0.6 is 0 Å². The van der Waals surface area contributed by atoms with Gasteiger partial charge in [-0.05, 0) is 43.5 Å². The summed E-state index contributed by atoms with van der Waals surface area (Å²) < 4.78 is 55.7. The van der Waals surface area contributed by atoms with E-state index in [4.69, 9.17) is 0 Å². The van der Waals surface area contributed by atoms with Gasteiger partial charge in [0.2, 0.25) is 10.0 Å². The minimum absolute atomic E-state index is 0.0181. The fraction of sp³-hybridized carbons (Fsp3) is 0.471. The van der Waals surface area contributed by atoms with Crippen molar-refractivity contribution in [1.82, 2.24) is 18.2 Å². The maximum absolute atomic E-state index is 13.0. The molecule has 2 aromatic rings. The van der Waals surface area contributed by atoms with Crippen LogP contribution in [0.4, 0.5) is 0 Å². The van der Waals surface area contributed by atoms with Gasteiger partial charge >= 0.3 is 0 Å². The second kappa shape index (κ2) is 7.34. The van der Waals surface area contributed by atoms with E-state index < -0.39 is 20.0 Å². The first kappa shape index (κ1) is 20.0. The van der Waals surface area contributed by atoms with Crippen LogP contribution < -0.4 is 0 Å². The highest BCUT2D eigenvalue weighted by molar-refractivity contribution is 7.89. The number of imidazole rings is 1. The summed E-state index contributed by atoms with van der Waals surface area (Å²) >= 11 is 0. The molecule has 3 rings (SSSR count). The van der Waals surface area contributed by atoms with E-state index in [-0.39, 0.29) is 36.1 Å². The minimum Gasteiger partial charge on any atom is -0.339 e. The van der Waals surface area contributed by atoms with Gasteiger partial charge in [-0.15, -0.1) is 0 Å². The standard InChI is InChI=1S/C17H24N4O4S2/c1-14-5-6-16(11-15(14)2)26(22,23)20-7-4-8-21(10-9-20)27(24,25)17-12-19(3)13-18-17/h5-6,11-13H,4,7-10H2,1-3H3. The molecule has 0 amide bonds. The zero-order valence-electron chi connectivity index (χ0n) is 15.7. The molecule has 0 unspecified atom stereocenters. The molecule has 0 saturated carbocycles. The van der Waals surface area contributed by atoms with Gasteiger partial charge in [-0.1, -0.05) is 6.07 Å². The fourth-order valence-corrected chi connectivity index (χ4v) is 6.02. The highest BCUT2D eigenvalue weighted by Gasteiger charge is 2.32. The summed E-state index contributed by atoms with van der Waals surface area (Å²) in [6.45, 7) is 4.56. The zero-order valence-corrected chi connectivity index (χ0v) is 17.3. The normalized spacial score (nSPS) is 17.7. The third kappa shape index (κ3) is 3.93. The van der Waals surface area contributed by atoms with Crippen LogP contribution in [0.15, 0.2) is 40.6 Å². The lowest BCUT2D eigenvalue weighted by molar-refractivity contribution is 0.403. The molecule has 27 heavy (non-hydrogen) atoms. The Bertz CT molecular complexity index is 1040. The molecule has 2 heterocycles. The number of aromatic nitrogens is 2. The highest BCUT2D eigenvalue weighted by atomic mass is 32.2. The summed E-state index contributed by atoms with van der Waals surface area (Å²) in [5.74, 6) is 0. The average Bonchev–Trinajstić information content (AvgIpc) is 2.90. The van der Waals surface area contributed by atoms with Gasteiger partial charge in [-0.3, -0.25) is 0 Å². The van der Waals surface area contributed by atoms with Crippen molar-refractivity contribution >= 4 is 20.0 Å². The molecule has 0 aliphatic carbocycles. The number of hydrogen-bond acceptors (Lipinski definition) is 5. The van der Waals surface area contributed by atoms with Crippen LogP contribution in [-0.2, 0) is 27.1 Å². The molecule has 0 spiro atoms. The highest BCUT2D eigenvalue weighted by Crippen LogP contribution is 2.22. The van der Waals surface area contributed by atoms with Gasteiger partial charge in [0, 0.05) is 39.4 Å². The van der Waals surface area contributed by atoms with E-state index in [1.807, 2.05) is 13.8 Å². The fourth-order valence-electron chi connectivity index (χ4n) is 3.03. The molecule has 1 aromatic carbocycles. The maximum atomic E-state index is 13.0. The summed E-state index contributed by atoms with van der Waals surface area (Å²) in [5, 5.41) is -0.0181. The predicted molar refractivity (Wildman–Crippen MR) is 101 cm³/mol. The van der Waals surface area contributed by atoms with Crippen LogP contribution in [0.25, 0.3) is 0 Å². The Hall–Kier alpha value is -1.75. The summed E-state index contributed by atoms with van der Waals surface area (Å²) in [6, 6.07) is 5.06. The van der Waals surface area contributed by atoms with Gasteiger partial charge in [0.25, 0.3) is 10.0 Å². The van der Waals surface area contributed by atoms with E-state index in [1.54, 1.807) is 29.8 Å². The van der Waals surface area contributed by atoms with Crippen LogP contribution in [0.2, 0.25) is 0 Å². The number of rotatable bonds is 4. The zero-order chi connectivity index (χ0) is 19.8. The second-order valence-electron chi connectivity index (χ2n) is 6.79. The monoisotopic (exact) mass is 412 g/mol. The molecule has 1 aromatic heterocycles. The van der Waals surface area contributed by atoms with Crippen molar-refractivity contribution in [3.8, 4) is 0 Å². The Morgan fingerprint density at radius 3 is 2.07 bits per heavy atom. The van der Waals surface area contributed by atoms with E-state index in [0.29, 0.717) is 6.42 Å². The van der Waals surface area contributed by atoms with Gasteiger partial charge in [-0.2, -0.15) is 8.61 Å². The summed E-state index contributed by atoms with van der Waals surface area (Å²) in [7, 11) is -5.69. The maximum Gasteiger partial charge on any atom is 0.262 e. The molecule has 0 atom stereocenters. The van der Waals surface area contributed by atoms with Crippen molar-refractivity contribution in [2.24, 2.45) is 7.05 Å². The number of nitrogens with zero attached hydrogens (tertiary/aromatic N) is 4. The Morgan fingerprint density at radius 1 is 0.889 bits per heavy atom. The van der Waals surface area contributed by atoms with Crippen molar-refractivity contribution in [1.29, 1.82) is 0 Å². The smallest absolute Gasteiger partial charge is 0.262 e. The first-order valence-electron chi connectivity index (χ1n) is 8.68. The Morgan fingerprint density at radius 2 is 1.52 bits per heavy atom.